The number of carbonyl (C=O) groups excluding carboxylic acids is 1. The van der Waals surface area contributed by atoms with Gasteiger partial charge in [-0.05, 0) is 18.1 Å². The third-order valence-corrected chi connectivity index (χ3v) is 4.49. The Hall–Kier alpha value is -2.22. The van der Waals surface area contributed by atoms with Crippen LogP contribution >= 0.6 is 11.8 Å². The van der Waals surface area contributed by atoms with E-state index in [1.165, 1.54) is 0 Å². The number of aromatic amines is 1. The number of thioether (sulfide) groups is 1. The molecule has 1 atom stereocenters. The Morgan fingerprint density at radius 2 is 2.48 bits per heavy atom. The number of nitrogens with zero attached hydrogens (tertiary/aromatic N) is 2. The molecule has 7 nitrogen and oxygen atoms in total. The number of ether oxygens (including phenoxy) is 2. The number of fused-ring (bicyclic) bond motifs is 1. The molecule has 8 heteroatoms. The molecule has 0 fully saturated rings. The van der Waals surface area contributed by atoms with Gasteiger partial charge in [-0.15, -0.1) is 16.9 Å². The van der Waals surface area contributed by atoms with Crippen LogP contribution < -0.4 is 14.8 Å². The molecule has 1 amide bonds. The first kappa shape index (κ1) is 15.7. The molecule has 0 spiro atoms. The molecule has 2 aromatic rings. The van der Waals surface area contributed by atoms with Crippen molar-refractivity contribution in [1.82, 2.24) is 20.7 Å². The number of nitrogens with one attached hydrogen (secondary N) is 2. The molecule has 0 bridgehead atoms. The summed E-state index contributed by atoms with van der Waals surface area (Å²) in [5.41, 5.74) is 1.01. The predicted octanol–water partition coefficient (Wildman–Crippen LogP) is 1.27. The number of hydrogen-bond donors (Lipinski definition) is 2. The molecule has 0 saturated carbocycles. The molecule has 1 aromatic heterocycles. The lowest BCUT2D eigenvalue weighted by atomic mass is 9.95. The average Bonchev–Trinajstić information content (AvgIpc) is 3.10. The minimum atomic E-state index is -0.174. The van der Waals surface area contributed by atoms with E-state index in [-0.39, 0.29) is 11.8 Å². The summed E-state index contributed by atoms with van der Waals surface area (Å²) < 4.78 is 11.0. The van der Waals surface area contributed by atoms with Crippen molar-refractivity contribution < 1.29 is 14.3 Å². The standard InChI is InChI=1S/C15H18N4O3S/c1-21-12-4-2-3-10-7-11(9-22-14(10)12)15(20)16-5-6-23-13-8-17-19-18-13/h2-4,8,11H,5-7,9H2,1H3,(H,16,20)(H,17,18,19). The van der Waals surface area contributed by atoms with Crippen molar-refractivity contribution in [3.05, 3.63) is 30.0 Å². The highest BCUT2D eigenvalue weighted by Crippen LogP contribution is 2.35. The van der Waals surface area contributed by atoms with Crippen LogP contribution in [0.15, 0.2) is 29.4 Å². The van der Waals surface area contributed by atoms with Crippen molar-refractivity contribution in [1.29, 1.82) is 0 Å². The summed E-state index contributed by atoms with van der Waals surface area (Å²) in [5, 5.41) is 14.0. The quantitative estimate of drug-likeness (QED) is 0.611. The first-order valence-electron chi connectivity index (χ1n) is 7.33. The summed E-state index contributed by atoms with van der Waals surface area (Å²) in [5.74, 6) is 2.05. The Bertz CT molecular complexity index is 663. The third kappa shape index (κ3) is 3.76. The average molecular weight is 334 g/mol. The van der Waals surface area contributed by atoms with Crippen molar-refractivity contribution in [2.45, 2.75) is 11.4 Å². The lowest BCUT2D eigenvalue weighted by Gasteiger charge is -2.25. The van der Waals surface area contributed by atoms with Gasteiger partial charge in [-0.1, -0.05) is 12.1 Å². The summed E-state index contributed by atoms with van der Waals surface area (Å²) in [6.45, 7) is 0.952. The first-order chi connectivity index (χ1) is 11.3. The van der Waals surface area contributed by atoms with Crippen LogP contribution in [-0.2, 0) is 11.2 Å². The van der Waals surface area contributed by atoms with Crippen molar-refractivity contribution >= 4 is 17.7 Å². The summed E-state index contributed by atoms with van der Waals surface area (Å²) in [7, 11) is 1.62. The molecule has 1 aliphatic heterocycles. The van der Waals surface area contributed by atoms with Gasteiger partial charge in [0.15, 0.2) is 11.5 Å². The Morgan fingerprint density at radius 3 is 3.26 bits per heavy atom. The van der Waals surface area contributed by atoms with Crippen LogP contribution in [0.2, 0.25) is 0 Å². The number of amides is 1. The van der Waals surface area contributed by atoms with E-state index < -0.39 is 0 Å². The molecule has 1 unspecified atom stereocenters. The molecular weight excluding hydrogens is 316 g/mol. The van der Waals surface area contributed by atoms with E-state index in [4.69, 9.17) is 9.47 Å². The molecule has 1 aromatic carbocycles. The van der Waals surface area contributed by atoms with Gasteiger partial charge in [0.1, 0.15) is 11.6 Å². The second-order valence-electron chi connectivity index (χ2n) is 5.11. The molecule has 0 aliphatic carbocycles. The van der Waals surface area contributed by atoms with Crippen LogP contribution in [0.25, 0.3) is 0 Å². The molecule has 2 N–H and O–H groups in total. The van der Waals surface area contributed by atoms with Gasteiger partial charge in [-0.25, -0.2) is 0 Å². The van der Waals surface area contributed by atoms with Crippen LogP contribution in [0, 0.1) is 5.92 Å². The summed E-state index contributed by atoms with van der Waals surface area (Å²) in [6.07, 6.45) is 2.32. The molecular formula is C15H18N4O3S. The maximum Gasteiger partial charge on any atom is 0.226 e. The van der Waals surface area contributed by atoms with Gasteiger partial charge in [-0.2, -0.15) is 10.3 Å². The monoisotopic (exact) mass is 334 g/mol. The number of rotatable bonds is 6. The van der Waals surface area contributed by atoms with Gasteiger partial charge in [0.25, 0.3) is 0 Å². The minimum absolute atomic E-state index is 0.0132. The van der Waals surface area contributed by atoms with Gasteiger partial charge in [0.05, 0.1) is 19.2 Å². The molecule has 0 radical (unpaired) electrons. The van der Waals surface area contributed by atoms with E-state index in [0.717, 1.165) is 22.1 Å². The van der Waals surface area contributed by atoms with E-state index in [2.05, 4.69) is 20.7 Å². The van der Waals surface area contributed by atoms with Crippen LogP contribution in [0.1, 0.15) is 5.56 Å². The van der Waals surface area contributed by atoms with Crippen molar-refractivity contribution in [3.8, 4) is 11.5 Å². The van der Waals surface area contributed by atoms with Crippen LogP contribution in [0.4, 0.5) is 0 Å². The Kier molecular flexibility index (Phi) is 5.02. The Morgan fingerprint density at radius 1 is 1.57 bits per heavy atom. The van der Waals surface area contributed by atoms with E-state index in [9.17, 15) is 4.79 Å². The topological polar surface area (TPSA) is 89.1 Å². The summed E-state index contributed by atoms with van der Waals surface area (Å²) >= 11 is 1.54. The number of hydrogen-bond acceptors (Lipinski definition) is 6. The number of methoxy groups -OCH3 is 1. The number of H-pyrrole nitrogens is 1. The third-order valence-electron chi connectivity index (χ3n) is 3.59. The zero-order chi connectivity index (χ0) is 16.1. The number of para-hydroxylation sites is 1. The second kappa shape index (κ2) is 7.36. The smallest absolute Gasteiger partial charge is 0.226 e. The number of aromatic nitrogens is 3. The molecule has 1 aliphatic rings. The summed E-state index contributed by atoms with van der Waals surface area (Å²) in [6, 6.07) is 5.74. The zero-order valence-corrected chi connectivity index (χ0v) is 13.6. The molecule has 0 saturated heterocycles. The largest absolute Gasteiger partial charge is 0.493 e. The van der Waals surface area contributed by atoms with E-state index >= 15 is 0 Å². The second-order valence-corrected chi connectivity index (χ2v) is 6.22. The van der Waals surface area contributed by atoms with Crippen molar-refractivity contribution in [2.75, 3.05) is 26.0 Å². The van der Waals surface area contributed by atoms with Crippen LogP contribution in [0.3, 0.4) is 0 Å². The number of benzene rings is 1. The van der Waals surface area contributed by atoms with Crippen molar-refractivity contribution in [3.63, 3.8) is 0 Å². The Labute approximate surface area is 138 Å². The van der Waals surface area contributed by atoms with E-state index in [1.807, 2.05) is 18.2 Å². The molecule has 2 heterocycles. The molecule has 3 rings (SSSR count). The fourth-order valence-electron chi connectivity index (χ4n) is 2.46. The maximum atomic E-state index is 12.3. The van der Waals surface area contributed by atoms with Crippen LogP contribution in [-0.4, -0.2) is 47.3 Å². The predicted molar refractivity (Wildman–Crippen MR) is 85.8 cm³/mol. The SMILES string of the molecule is COc1cccc2c1OCC(C(=O)NCCSc1cn[nH]n1)C2. The first-order valence-corrected chi connectivity index (χ1v) is 8.31. The highest BCUT2D eigenvalue weighted by molar-refractivity contribution is 7.99. The lowest BCUT2D eigenvalue weighted by molar-refractivity contribution is -0.126. The van der Waals surface area contributed by atoms with Gasteiger partial charge in [0.2, 0.25) is 5.91 Å². The van der Waals surface area contributed by atoms with Gasteiger partial charge < -0.3 is 14.8 Å². The fourth-order valence-corrected chi connectivity index (χ4v) is 3.10. The highest BCUT2D eigenvalue weighted by Gasteiger charge is 2.27. The normalized spacial score (nSPS) is 16.3. The molecule has 23 heavy (non-hydrogen) atoms. The van der Waals surface area contributed by atoms with Gasteiger partial charge in [-0.3, -0.25) is 4.79 Å². The zero-order valence-electron chi connectivity index (χ0n) is 12.7. The lowest BCUT2D eigenvalue weighted by Crippen LogP contribution is -2.38. The highest BCUT2D eigenvalue weighted by atomic mass is 32.2. The number of carbonyl (C=O) groups is 1. The minimum Gasteiger partial charge on any atom is -0.493 e. The fraction of sp³-hybridized carbons (Fsp3) is 0.400. The molecule has 122 valence electrons. The van der Waals surface area contributed by atoms with Crippen molar-refractivity contribution in [2.24, 2.45) is 5.92 Å². The van der Waals surface area contributed by atoms with E-state index in [1.54, 1.807) is 25.1 Å². The van der Waals surface area contributed by atoms with Gasteiger partial charge in [0, 0.05) is 12.3 Å². The van der Waals surface area contributed by atoms with Gasteiger partial charge >= 0.3 is 0 Å². The maximum absolute atomic E-state index is 12.3. The van der Waals surface area contributed by atoms with E-state index in [0.29, 0.717) is 25.3 Å². The Balaban J connectivity index is 1.49. The van der Waals surface area contributed by atoms with Crippen LogP contribution in [0.5, 0.6) is 11.5 Å². The summed E-state index contributed by atoms with van der Waals surface area (Å²) in [4.78, 5) is 12.3.